The Hall–Kier alpha value is -1.55. The first-order valence-corrected chi connectivity index (χ1v) is 4.94. The molecule has 0 saturated carbocycles. The molecule has 0 radical (unpaired) electrons. The molecule has 0 bridgehead atoms. The lowest BCUT2D eigenvalue weighted by Gasteiger charge is -2.12. The van der Waals surface area contributed by atoms with Gasteiger partial charge in [-0.15, -0.1) is 0 Å². The molecular formula is C11H13NO3. The predicted molar refractivity (Wildman–Crippen MR) is 55.1 cm³/mol. The van der Waals surface area contributed by atoms with Gasteiger partial charge in [-0.1, -0.05) is 0 Å². The maximum absolute atomic E-state index is 10.8. The summed E-state index contributed by atoms with van der Waals surface area (Å²) in [5.41, 5.74) is 7.00. The SMILES string of the molecule is NC1CCCOc2ccc(C(=O)O)cc21. The van der Waals surface area contributed by atoms with Gasteiger partial charge in [-0.3, -0.25) is 0 Å². The molecule has 1 atom stereocenters. The second-order valence-electron chi connectivity index (χ2n) is 3.65. The molecule has 15 heavy (non-hydrogen) atoms. The third-order valence-electron chi connectivity index (χ3n) is 2.57. The van der Waals surface area contributed by atoms with Crippen molar-refractivity contribution in [2.45, 2.75) is 18.9 Å². The molecule has 0 amide bonds. The molecule has 0 fully saturated rings. The fourth-order valence-corrected chi connectivity index (χ4v) is 1.74. The molecule has 4 nitrogen and oxygen atoms in total. The van der Waals surface area contributed by atoms with E-state index < -0.39 is 5.97 Å². The zero-order valence-corrected chi connectivity index (χ0v) is 8.27. The van der Waals surface area contributed by atoms with Crippen LogP contribution in [0.2, 0.25) is 0 Å². The van der Waals surface area contributed by atoms with Gasteiger partial charge in [-0.25, -0.2) is 4.79 Å². The standard InChI is InChI=1S/C11H13NO3/c12-9-2-1-5-15-10-4-3-7(11(13)14)6-8(9)10/h3-4,6,9H,1-2,5,12H2,(H,13,14). The molecule has 80 valence electrons. The molecule has 1 unspecified atom stereocenters. The number of aromatic carboxylic acids is 1. The Morgan fingerprint density at radius 2 is 2.33 bits per heavy atom. The minimum atomic E-state index is -0.936. The van der Waals surface area contributed by atoms with Gasteiger partial charge in [0, 0.05) is 11.6 Å². The van der Waals surface area contributed by atoms with Crippen LogP contribution in [0.4, 0.5) is 0 Å². The molecule has 1 aromatic rings. The average molecular weight is 207 g/mol. The number of nitrogens with two attached hydrogens (primary N) is 1. The van der Waals surface area contributed by atoms with Crippen LogP contribution < -0.4 is 10.5 Å². The molecule has 1 aliphatic rings. The second-order valence-corrected chi connectivity index (χ2v) is 3.65. The zero-order chi connectivity index (χ0) is 10.8. The molecule has 1 heterocycles. The Labute approximate surface area is 87.7 Å². The van der Waals surface area contributed by atoms with Gasteiger partial charge in [-0.05, 0) is 31.0 Å². The van der Waals surface area contributed by atoms with Crippen LogP contribution in [-0.2, 0) is 0 Å². The number of carbonyl (C=O) groups is 1. The summed E-state index contributed by atoms with van der Waals surface area (Å²) in [4.78, 5) is 10.8. The van der Waals surface area contributed by atoms with E-state index in [2.05, 4.69) is 0 Å². The number of hydrogen-bond donors (Lipinski definition) is 2. The van der Waals surface area contributed by atoms with Gasteiger partial charge < -0.3 is 15.6 Å². The third-order valence-corrected chi connectivity index (χ3v) is 2.57. The van der Waals surface area contributed by atoms with Crippen molar-refractivity contribution in [1.29, 1.82) is 0 Å². The van der Waals surface area contributed by atoms with E-state index in [1.165, 1.54) is 0 Å². The highest BCUT2D eigenvalue weighted by molar-refractivity contribution is 5.88. The Balaban J connectivity index is 2.44. The van der Waals surface area contributed by atoms with Crippen molar-refractivity contribution in [3.63, 3.8) is 0 Å². The van der Waals surface area contributed by atoms with Crippen molar-refractivity contribution in [2.24, 2.45) is 5.73 Å². The van der Waals surface area contributed by atoms with Crippen molar-refractivity contribution >= 4 is 5.97 Å². The molecule has 1 aromatic carbocycles. The summed E-state index contributed by atoms with van der Waals surface area (Å²) in [7, 11) is 0. The minimum Gasteiger partial charge on any atom is -0.493 e. The molecule has 2 rings (SSSR count). The molecule has 4 heteroatoms. The van der Waals surface area contributed by atoms with Gasteiger partial charge in [0.1, 0.15) is 5.75 Å². The first kappa shape index (κ1) is 9.98. The van der Waals surface area contributed by atoms with E-state index in [4.69, 9.17) is 15.6 Å². The maximum atomic E-state index is 10.8. The highest BCUT2D eigenvalue weighted by atomic mass is 16.5. The molecule has 0 aliphatic carbocycles. The lowest BCUT2D eigenvalue weighted by Crippen LogP contribution is -2.10. The van der Waals surface area contributed by atoms with E-state index in [1.54, 1.807) is 18.2 Å². The topological polar surface area (TPSA) is 72.5 Å². The quantitative estimate of drug-likeness (QED) is 0.733. The van der Waals surface area contributed by atoms with Crippen LogP contribution in [0, 0.1) is 0 Å². The van der Waals surface area contributed by atoms with E-state index in [0.717, 1.165) is 18.4 Å². The van der Waals surface area contributed by atoms with Crippen LogP contribution in [0.25, 0.3) is 0 Å². The summed E-state index contributed by atoms with van der Waals surface area (Å²) < 4.78 is 5.48. The van der Waals surface area contributed by atoms with Gasteiger partial charge in [0.2, 0.25) is 0 Å². The molecule has 3 N–H and O–H groups in total. The average Bonchev–Trinajstić information content (AvgIpc) is 2.40. The fraction of sp³-hybridized carbons (Fsp3) is 0.364. The van der Waals surface area contributed by atoms with E-state index in [1.807, 2.05) is 0 Å². The Morgan fingerprint density at radius 3 is 3.07 bits per heavy atom. The van der Waals surface area contributed by atoms with Crippen molar-refractivity contribution < 1.29 is 14.6 Å². The summed E-state index contributed by atoms with van der Waals surface area (Å²) in [6.45, 7) is 0.646. The van der Waals surface area contributed by atoms with Crippen LogP contribution in [-0.4, -0.2) is 17.7 Å². The Morgan fingerprint density at radius 1 is 1.53 bits per heavy atom. The highest BCUT2D eigenvalue weighted by Crippen LogP contribution is 2.30. The molecule has 0 aromatic heterocycles. The lowest BCUT2D eigenvalue weighted by atomic mass is 10.0. The normalized spacial score (nSPS) is 19.9. The van der Waals surface area contributed by atoms with E-state index in [-0.39, 0.29) is 11.6 Å². The van der Waals surface area contributed by atoms with Crippen LogP contribution >= 0.6 is 0 Å². The first-order chi connectivity index (χ1) is 7.18. The van der Waals surface area contributed by atoms with E-state index in [9.17, 15) is 4.79 Å². The lowest BCUT2D eigenvalue weighted by molar-refractivity contribution is 0.0696. The predicted octanol–water partition coefficient (Wildman–Crippen LogP) is 1.56. The van der Waals surface area contributed by atoms with Crippen LogP contribution in [0.3, 0.4) is 0 Å². The largest absolute Gasteiger partial charge is 0.493 e. The van der Waals surface area contributed by atoms with Crippen LogP contribution in [0.1, 0.15) is 34.8 Å². The monoisotopic (exact) mass is 207 g/mol. The van der Waals surface area contributed by atoms with Gasteiger partial charge in [0.15, 0.2) is 0 Å². The highest BCUT2D eigenvalue weighted by Gasteiger charge is 2.18. The number of ether oxygens (including phenoxy) is 1. The van der Waals surface area contributed by atoms with Crippen molar-refractivity contribution in [3.8, 4) is 5.75 Å². The summed E-state index contributed by atoms with van der Waals surface area (Å²) in [5.74, 6) is -0.223. The number of rotatable bonds is 1. The molecule has 0 spiro atoms. The number of carboxylic acid groups (broad SMARTS) is 1. The molecule has 1 aliphatic heterocycles. The summed E-state index contributed by atoms with van der Waals surface area (Å²) in [5, 5.41) is 8.86. The Kier molecular flexibility index (Phi) is 2.60. The van der Waals surface area contributed by atoms with Crippen LogP contribution in [0.5, 0.6) is 5.75 Å². The van der Waals surface area contributed by atoms with E-state index >= 15 is 0 Å². The minimum absolute atomic E-state index is 0.123. The number of fused-ring (bicyclic) bond motifs is 1. The van der Waals surface area contributed by atoms with E-state index in [0.29, 0.717) is 12.4 Å². The molecular weight excluding hydrogens is 194 g/mol. The summed E-state index contributed by atoms with van der Waals surface area (Å²) in [6, 6.07) is 4.71. The number of carboxylic acids is 1. The smallest absolute Gasteiger partial charge is 0.335 e. The fourth-order valence-electron chi connectivity index (χ4n) is 1.74. The van der Waals surface area contributed by atoms with Crippen molar-refractivity contribution in [1.82, 2.24) is 0 Å². The van der Waals surface area contributed by atoms with Gasteiger partial charge in [-0.2, -0.15) is 0 Å². The van der Waals surface area contributed by atoms with Gasteiger partial charge >= 0.3 is 5.97 Å². The van der Waals surface area contributed by atoms with Gasteiger partial charge in [0.25, 0.3) is 0 Å². The second kappa shape index (κ2) is 3.90. The zero-order valence-electron chi connectivity index (χ0n) is 8.27. The van der Waals surface area contributed by atoms with Crippen molar-refractivity contribution in [2.75, 3.05) is 6.61 Å². The summed E-state index contributed by atoms with van der Waals surface area (Å²) in [6.07, 6.45) is 1.73. The van der Waals surface area contributed by atoms with Crippen molar-refractivity contribution in [3.05, 3.63) is 29.3 Å². The number of hydrogen-bond acceptors (Lipinski definition) is 3. The first-order valence-electron chi connectivity index (χ1n) is 4.94. The molecule has 0 saturated heterocycles. The van der Waals surface area contributed by atoms with Crippen LogP contribution in [0.15, 0.2) is 18.2 Å². The number of benzene rings is 1. The summed E-state index contributed by atoms with van der Waals surface area (Å²) >= 11 is 0. The maximum Gasteiger partial charge on any atom is 0.335 e. The Bertz CT molecular complexity index is 389. The third kappa shape index (κ3) is 1.94. The van der Waals surface area contributed by atoms with Gasteiger partial charge in [0.05, 0.1) is 12.2 Å².